The Morgan fingerprint density at radius 2 is 2.19 bits per heavy atom. The second-order valence-electron chi connectivity index (χ2n) is 7.68. The van der Waals surface area contributed by atoms with Gasteiger partial charge in [-0.2, -0.15) is 5.10 Å². The molecule has 0 saturated carbocycles. The molecule has 1 aliphatic rings. The Balaban J connectivity index is 0.00000272. The lowest BCUT2D eigenvalue weighted by Gasteiger charge is -2.39. The molecule has 0 aliphatic carbocycles. The normalized spacial score (nSPS) is 19.6. The largest absolute Gasteiger partial charge is 0.356 e. The Morgan fingerprint density at radius 3 is 2.94 bits per heavy atom. The molecular weight excluding hydrogens is 521 g/mol. The molecule has 3 heterocycles. The first kappa shape index (κ1) is 23.7. The molecule has 2 atom stereocenters. The van der Waals surface area contributed by atoms with Gasteiger partial charge < -0.3 is 10.6 Å². The van der Waals surface area contributed by atoms with Crippen LogP contribution in [0.2, 0.25) is 0 Å². The summed E-state index contributed by atoms with van der Waals surface area (Å²) in [6, 6.07) is 13.2. The van der Waals surface area contributed by atoms with Gasteiger partial charge in [0.2, 0.25) is 0 Å². The van der Waals surface area contributed by atoms with Crippen molar-refractivity contribution in [3.8, 4) is 11.4 Å². The van der Waals surface area contributed by atoms with Crippen LogP contribution in [-0.2, 0) is 6.54 Å². The zero-order chi connectivity index (χ0) is 20.8. The molecule has 2 aromatic heterocycles. The standard InChI is InChI=1S/C22H29N7S.HI/c1-23-22(24-13-16-6-3-7-17(12-16)21-26-15-27-28-21)25-14-18-8-4-10-29(2)20(18)19-9-5-11-30-19;/h3,5-7,9,11-12,15,18,20H,4,8,10,13-14H2,1-2H3,(H2,23,24,25)(H,26,27,28);1H. The summed E-state index contributed by atoms with van der Waals surface area (Å²) >= 11 is 1.86. The van der Waals surface area contributed by atoms with Gasteiger partial charge in [-0.3, -0.25) is 15.0 Å². The summed E-state index contributed by atoms with van der Waals surface area (Å²) in [5, 5.41) is 16.0. The number of piperidine rings is 1. The Morgan fingerprint density at radius 1 is 1.29 bits per heavy atom. The van der Waals surface area contributed by atoms with Crippen molar-refractivity contribution in [2.24, 2.45) is 10.9 Å². The van der Waals surface area contributed by atoms with Crippen molar-refractivity contribution in [1.82, 2.24) is 30.7 Å². The van der Waals surface area contributed by atoms with Crippen molar-refractivity contribution in [3.05, 3.63) is 58.5 Å². The summed E-state index contributed by atoms with van der Waals surface area (Å²) in [5.74, 6) is 2.18. The minimum Gasteiger partial charge on any atom is -0.356 e. The monoisotopic (exact) mass is 551 g/mol. The summed E-state index contributed by atoms with van der Waals surface area (Å²) < 4.78 is 0. The highest BCUT2D eigenvalue weighted by Gasteiger charge is 2.31. The first-order valence-electron chi connectivity index (χ1n) is 10.4. The topological polar surface area (TPSA) is 81.2 Å². The number of aromatic amines is 1. The van der Waals surface area contributed by atoms with Crippen molar-refractivity contribution in [1.29, 1.82) is 0 Å². The molecule has 166 valence electrons. The Labute approximate surface area is 204 Å². The van der Waals surface area contributed by atoms with Crippen molar-refractivity contribution >= 4 is 41.3 Å². The first-order valence-corrected chi connectivity index (χ1v) is 11.3. The molecule has 1 aromatic carbocycles. The van der Waals surface area contributed by atoms with Gasteiger partial charge in [0.05, 0.1) is 0 Å². The number of likely N-dealkylation sites (tertiary alicyclic amines) is 1. The third-order valence-electron chi connectivity index (χ3n) is 5.67. The van der Waals surface area contributed by atoms with Crippen LogP contribution in [0, 0.1) is 5.92 Å². The maximum absolute atomic E-state index is 4.42. The number of thiophene rings is 1. The third-order valence-corrected chi connectivity index (χ3v) is 6.62. The molecule has 3 aromatic rings. The summed E-state index contributed by atoms with van der Waals surface area (Å²) in [4.78, 5) is 12.6. The molecule has 3 N–H and O–H groups in total. The zero-order valence-electron chi connectivity index (χ0n) is 17.9. The van der Waals surface area contributed by atoms with Crippen LogP contribution in [0.15, 0.2) is 53.1 Å². The van der Waals surface area contributed by atoms with Crippen LogP contribution < -0.4 is 10.6 Å². The average Bonchev–Trinajstić information content (AvgIpc) is 3.49. The maximum Gasteiger partial charge on any atom is 0.191 e. The lowest BCUT2D eigenvalue weighted by atomic mass is 9.88. The van der Waals surface area contributed by atoms with E-state index in [-0.39, 0.29) is 24.0 Å². The second kappa shape index (κ2) is 11.6. The number of hydrogen-bond acceptors (Lipinski definition) is 5. The maximum atomic E-state index is 4.42. The molecule has 0 amide bonds. The Bertz CT molecular complexity index is 943. The average molecular weight is 552 g/mol. The molecule has 0 bridgehead atoms. The van der Waals surface area contributed by atoms with Crippen LogP contribution in [0.5, 0.6) is 0 Å². The van der Waals surface area contributed by atoms with Gasteiger partial charge in [-0.05, 0) is 55.4 Å². The van der Waals surface area contributed by atoms with Gasteiger partial charge in [-0.1, -0.05) is 24.3 Å². The zero-order valence-corrected chi connectivity index (χ0v) is 21.1. The van der Waals surface area contributed by atoms with Crippen LogP contribution >= 0.6 is 35.3 Å². The molecule has 0 spiro atoms. The fraction of sp³-hybridized carbons (Fsp3) is 0.409. The summed E-state index contributed by atoms with van der Waals surface area (Å²) in [6.07, 6.45) is 4.00. The Hall–Kier alpha value is -1.98. The van der Waals surface area contributed by atoms with Gasteiger partial charge in [-0.15, -0.1) is 35.3 Å². The summed E-state index contributed by atoms with van der Waals surface area (Å²) in [6.45, 7) is 2.76. The highest BCUT2D eigenvalue weighted by molar-refractivity contribution is 14.0. The van der Waals surface area contributed by atoms with E-state index >= 15 is 0 Å². The van der Waals surface area contributed by atoms with Crippen molar-refractivity contribution in [3.63, 3.8) is 0 Å². The molecule has 9 heteroatoms. The van der Waals surface area contributed by atoms with Gasteiger partial charge in [-0.25, -0.2) is 4.98 Å². The number of guanidine groups is 1. The minimum atomic E-state index is 0. The van der Waals surface area contributed by atoms with E-state index in [1.54, 1.807) is 0 Å². The number of rotatable bonds is 6. The van der Waals surface area contributed by atoms with Gasteiger partial charge in [0.15, 0.2) is 11.8 Å². The molecule has 2 unspecified atom stereocenters. The molecule has 0 radical (unpaired) electrons. The molecule has 4 rings (SSSR count). The lowest BCUT2D eigenvalue weighted by molar-refractivity contribution is 0.125. The van der Waals surface area contributed by atoms with Crippen LogP contribution in [0.1, 0.15) is 29.3 Å². The van der Waals surface area contributed by atoms with E-state index in [0.29, 0.717) is 18.5 Å². The fourth-order valence-electron chi connectivity index (χ4n) is 4.19. The van der Waals surface area contributed by atoms with Gasteiger partial charge in [0, 0.05) is 36.6 Å². The van der Waals surface area contributed by atoms with Crippen LogP contribution in [0.25, 0.3) is 11.4 Å². The lowest BCUT2D eigenvalue weighted by Crippen LogP contribution is -2.44. The highest BCUT2D eigenvalue weighted by Crippen LogP contribution is 2.36. The van der Waals surface area contributed by atoms with Crippen LogP contribution in [0.3, 0.4) is 0 Å². The minimum absolute atomic E-state index is 0. The first-order chi connectivity index (χ1) is 14.7. The van der Waals surface area contributed by atoms with Crippen LogP contribution in [-0.4, -0.2) is 53.2 Å². The highest BCUT2D eigenvalue weighted by atomic mass is 127. The van der Waals surface area contributed by atoms with Gasteiger partial charge in [0.1, 0.15) is 6.33 Å². The van der Waals surface area contributed by atoms with E-state index in [2.05, 4.69) is 72.4 Å². The van der Waals surface area contributed by atoms with Crippen molar-refractivity contribution in [2.75, 3.05) is 27.2 Å². The quantitative estimate of drug-likeness (QED) is 0.246. The SMILES string of the molecule is CN=C(NCc1cccc(-c2ncn[nH]2)c1)NCC1CCCN(C)C1c1cccs1.I. The number of aromatic nitrogens is 3. The number of benzene rings is 1. The smallest absolute Gasteiger partial charge is 0.191 e. The van der Waals surface area contributed by atoms with Gasteiger partial charge in [0.25, 0.3) is 0 Å². The molecule has 1 aliphatic heterocycles. The predicted molar refractivity (Wildman–Crippen MR) is 138 cm³/mol. The molecular formula is C22H30IN7S. The number of nitrogens with zero attached hydrogens (tertiary/aromatic N) is 4. The Kier molecular flexibility index (Phi) is 8.85. The van der Waals surface area contributed by atoms with E-state index in [1.807, 2.05) is 30.5 Å². The fourth-order valence-corrected chi connectivity index (χ4v) is 5.17. The third kappa shape index (κ3) is 6.05. The predicted octanol–water partition coefficient (Wildman–Crippen LogP) is 3.90. The van der Waals surface area contributed by atoms with Crippen molar-refractivity contribution < 1.29 is 0 Å². The van der Waals surface area contributed by atoms with Crippen LogP contribution in [0.4, 0.5) is 0 Å². The van der Waals surface area contributed by atoms with E-state index in [0.717, 1.165) is 30.4 Å². The van der Waals surface area contributed by atoms with Crippen molar-refractivity contribution in [2.45, 2.75) is 25.4 Å². The summed E-state index contributed by atoms with van der Waals surface area (Å²) in [5.41, 5.74) is 2.19. The van der Waals surface area contributed by atoms with E-state index in [1.165, 1.54) is 29.6 Å². The molecule has 1 fully saturated rings. The van der Waals surface area contributed by atoms with Gasteiger partial charge >= 0.3 is 0 Å². The number of halogens is 1. The van der Waals surface area contributed by atoms with E-state index < -0.39 is 0 Å². The number of aliphatic imine (C=N–C) groups is 1. The van der Waals surface area contributed by atoms with E-state index in [4.69, 9.17) is 0 Å². The molecule has 31 heavy (non-hydrogen) atoms. The summed E-state index contributed by atoms with van der Waals surface area (Å²) in [7, 11) is 4.06. The van der Waals surface area contributed by atoms with E-state index in [9.17, 15) is 0 Å². The molecule has 7 nitrogen and oxygen atoms in total. The number of H-pyrrole nitrogens is 1. The number of hydrogen-bond donors (Lipinski definition) is 3. The molecule has 1 saturated heterocycles. The second-order valence-corrected chi connectivity index (χ2v) is 8.66. The number of nitrogens with one attached hydrogen (secondary N) is 3.